The van der Waals surface area contributed by atoms with Crippen LogP contribution in [0.1, 0.15) is 30.1 Å². The number of aliphatic carboxylic acids is 1. The highest BCUT2D eigenvalue weighted by Crippen LogP contribution is 2.13. The van der Waals surface area contributed by atoms with Crippen molar-refractivity contribution in [2.45, 2.75) is 25.8 Å². The van der Waals surface area contributed by atoms with E-state index in [0.717, 1.165) is 0 Å². The van der Waals surface area contributed by atoms with Crippen LogP contribution in [0.4, 0.5) is 5.69 Å². The first kappa shape index (κ1) is 16.6. The average Bonchev–Trinajstić information content (AvgIpc) is 2.43. The molecule has 0 bridgehead atoms. The first-order valence-electron chi connectivity index (χ1n) is 6.60. The molecular formula is C14H19N3O4. The largest absolute Gasteiger partial charge is 0.480 e. The number of anilines is 1. The molecule has 0 saturated heterocycles. The van der Waals surface area contributed by atoms with Gasteiger partial charge in [-0.2, -0.15) is 0 Å². The van der Waals surface area contributed by atoms with E-state index >= 15 is 0 Å². The molecule has 1 aromatic rings. The van der Waals surface area contributed by atoms with Gasteiger partial charge in [-0.25, -0.2) is 0 Å². The number of rotatable bonds is 8. The fourth-order valence-electron chi connectivity index (χ4n) is 1.82. The molecule has 1 atom stereocenters. The molecule has 0 aromatic heterocycles. The van der Waals surface area contributed by atoms with Crippen LogP contribution >= 0.6 is 0 Å². The van der Waals surface area contributed by atoms with E-state index in [1.807, 2.05) is 6.92 Å². The van der Waals surface area contributed by atoms with E-state index in [-0.39, 0.29) is 12.1 Å². The minimum atomic E-state index is -0.998. The lowest BCUT2D eigenvalue weighted by atomic mass is 10.1. The molecule has 114 valence electrons. The molecule has 1 rings (SSSR count). The minimum Gasteiger partial charge on any atom is -0.480 e. The van der Waals surface area contributed by atoms with Crippen molar-refractivity contribution in [3.05, 3.63) is 29.8 Å². The third-order valence-corrected chi connectivity index (χ3v) is 2.85. The molecule has 7 heteroatoms. The normalized spacial score (nSPS) is 11.7. The second-order valence-corrected chi connectivity index (χ2v) is 4.52. The summed E-state index contributed by atoms with van der Waals surface area (Å²) in [5.74, 6) is -2.08. The number of nitrogens with two attached hydrogens (primary N) is 1. The Labute approximate surface area is 122 Å². The van der Waals surface area contributed by atoms with Crippen molar-refractivity contribution in [2.75, 3.05) is 11.9 Å². The van der Waals surface area contributed by atoms with Crippen LogP contribution in [0, 0.1) is 0 Å². The summed E-state index contributed by atoms with van der Waals surface area (Å²) >= 11 is 0. The lowest BCUT2D eigenvalue weighted by Crippen LogP contribution is -2.41. The number of carboxylic acid groups (broad SMARTS) is 1. The molecule has 0 aliphatic rings. The van der Waals surface area contributed by atoms with Gasteiger partial charge in [-0.1, -0.05) is 25.5 Å². The highest BCUT2D eigenvalue weighted by atomic mass is 16.4. The molecule has 0 fully saturated rings. The Morgan fingerprint density at radius 2 is 1.95 bits per heavy atom. The third kappa shape index (κ3) is 5.23. The van der Waals surface area contributed by atoms with Gasteiger partial charge in [0.25, 0.3) is 5.91 Å². The van der Waals surface area contributed by atoms with E-state index in [1.54, 1.807) is 18.2 Å². The molecule has 0 aliphatic carbocycles. The second-order valence-electron chi connectivity index (χ2n) is 4.52. The smallest absolute Gasteiger partial charge is 0.320 e. The first-order chi connectivity index (χ1) is 9.95. The Kier molecular flexibility index (Phi) is 6.35. The van der Waals surface area contributed by atoms with Gasteiger partial charge in [-0.15, -0.1) is 0 Å². The van der Waals surface area contributed by atoms with Crippen molar-refractivity contribution in [2.24, 2.45) is 5.73 Å². The van der Waals surface area contributed by atoms with Gasteiger partial charge in [0.1, 0.15) is 6.04 Å². The average molecular weight is 293 g/mol. The lowest BCUT2D eigenvalue weighted by Gasteiger charge is -2.14. The van der Waals surface area contributed by atoms with Gasteiger partial charge in [-0.05, 0) is 18.6 Å². The Morgan fingerprint density at radius 3 is 2.52 bits per heavy atom. The maximum absolute atomic E-state index is 11.8. The molecule has 2 amide bonds. The lowest BCUT2D eigenvalue weighted by molar-refractivity contribution is -0.139. The number of primary amides is 1. The SMILES string of the molecule is CCCC(NCC(=O)Nc1ccccc1C(N)=O)C(=O)O. The van der Waals surface area contributed by atoms with Crippen LogP contribution in [0.25, 0.3) is 0 Å². The van der Waals surface area contributed by atoms with Crippen molar-refractivity contribution < 1.29 is 19.5 Å². The van der Waals surface area contributed by atoms with E-state index in [0.29, 0.717) is 18.5 Å². The van der Waals surface area contributed by atoms with Gasteiger partial charge in [0.05, 0.1) is 17.8 Å². The molecule has 0 radical (unpaired) electrons. The van der Waals surface area contributed by atoms with E-state index < -0.39 is 23.8 Å². The summed E-state index contributed by atoms with van der Waals surface area (Å²) in [7, 11) is 0. The van der Waals surface area contributed by atoms with E-state index in [2.05, 4.69) is 10.6 Å². The summed E-state index contributed by atoms with van der Waals surface area (Å²) in [5.41, 5.74) is 5.72. The van der Waals surface area contributed by atoms with Crippen molar-refractivity contribution >= 4 is 23.5 Å². The van der Waals surface area contributed by atoms with Gasteiger partial charge in [0.15, 0.2) is 0 Å². The maximum atomic E-state index is 11.8. The third-order valence-electron chi connectivity index (χ3n) is 2.85. The number of nitrogens with one attached hydrogen (secondary N) is 2. The Hall–Kier alpha value is -2.41. The number of carbonyl (C=O) groups is 3. The fraction of sp³-hybridized carbons (Fsp3) is 0.357. The van der Waals surface area contributed by atoms with Gasteiger partial charge in [0.2, 0.25) is 5.91 Å². The standard InChI is InChI=1S/C14H19N3O4/c1-2-5-11(14(20)21)16-8-12(18)17-10-7-4-3-6-9(10)13(15)19/h3-4,6-7,11,16H,2,5,8H2,1H3,(H2,15,19)(H,17,18)(H,20,21). The number of hydrogen-bond acceptors (Lipinski definition) is 4. The molecule has 5 N–H and O–H groups in total. The minimum absolute atomic E-state index is 0.163. The Morgan fingerprint density at radius 1 is 1.29 bits per heavy atom. The van der Waals surface area contributed by atoms with E-state index in [9.17, 15) is 14.4 Å². The number of hydrogen-bond donors (Lipinski definition) is 4. The molecule has 0 aliphatic heterocycles. The predicted octanol–water partition coefficient (Wildman–Crippen LogP) is 0.567. The van der Waals surface area contributed by atoms with Crippen molar-refractivity contribution in [1.82, 2.24) is 5.32 Å². The van der Waals surface area contributed by atoms with Crippen LogP contribution in [-0.2, 0) is 9.59 Å². The highest BCUT2D eigenvalue weighted by molar-refractivity contribution is 6.03. The first-order valence-corrected chi connectivity index (χ1v) is 6.60. The van der Waals surface area contributed by atoms with Crippen LogP contribution in [-0.4, -0.2) is 35.5 Å². The maximum Gasteiger partial charge on any atom is 0.320 e. The van der Waals surface area contributed by atoms with Crippen molar-refractivity contribution in [1.29, 1.82) is 0 Å². The van der Waals surface area contributed by atoms with Crippen LogP contribution in [0.5, 0.6) is 0 Å². The second kappa shape index (κ2) is 8.01. The van der Waals surface area contributed by atoms with Crippen LogP contribution in [0.3, 0.4) is 0 Å². The van der Waals surface area contributed by atoms with E-state index in [4.69, 9.17) is 10.8 Å². The number of carboxylic acids is 1. The van der Waals surface area contributed by atoms with Crippen molar-refractivity contribution in [3.63, 3.8) is 0 Å². The number of carbonyl (C=O) groups excluding carboxylic acids is 2. The number of amides is 2. The van der Waals surface area contributed by atoms with Crippen LogP contribution < -0.4 is 16.4 Å². The summed E-state index contributed by atoms with van der Waals surface area (Å²) in [6.07, 6.45) is 1.12. The zero-order valence-corrected chi connectivity index (χ0v) is 11.8. The Bertz CT molecular complexity index is 531. The summed E-state index contributed by atoms with van der Waals surface area (Å²) in [4.78, 5) is 34.0. The molecule has 7 nitrogen and oxygen atoms in total. The monoisotopic (exact) mass is 293 g/mol. The topological polar surface area (TPSA) is 122 Å². The van der Waals surface area contributed by atoms with Crippen molar-refractivity contribution in [3.8, 4) is 0 Å². The summed E-state index contributed by atoms with van der Waals surface area (Å²) < 4.78 is 0. The zero-order valence-electron chi connectivity index (χ0n) is 11.8. The molecule has 21 heavy (non-hydrogen) atoms. The summed E-state index contributed by atoms with van der Waals surface area (Å²) in [6.45, 7) is 1.70. The Balaban J connectivity index is 2.62. The molecule has 1 unspecified atom stereocenters. The summed E-state index contributed by atoms with van der Waals surface area (Å²) in [5, 5.41) is 14.2. The summed E-state index contributed by atoms with van der Waals surface area (Å²) in [6, 6.07) is 5.58. The number of benzene rings is 1. The van der Waals surface area contributed by atoms with Gasteiger partial charge in [-0.3, -0.25) is 19.7 Å². The van der Waals surface area contributed by atoms with Gasteiger partial charge >= 0.3 is 5.97 Å². The highest BCUT2D eigenvalue weighted by Gasteiger charge is 2.17. The van der Waals surface area contributed by atoms with Crippen LogP contribution in [0.15, 0.2) is 24.3 Å². The fourth-order valence-corrected chi connectivity index (χ4v) is 1.82. The molecular weight excluding hydrogens is 274 g/mol. The van der Waals surface area contributed by atoms with Crippen LogP contribution in [0.2, 0.25) is 0 Å². The van der Waals surface area contributed by atoms with Gasteiger partial charge < -0.3 is 16.2 Å². The van der Waals surface area contributed by atoms with E-state index in [1.165, 1.54) is 6.07 Å². The molecule has 0 spiro atoms. The zero-order chi connectivity index (χ0) is 15.8. The van der Waals surface area contributed by atoms with Gasteiger partial charge in [0, 0.05) is 0 Å². The molecule has 0 heterocycles. The predicted molar refractivity (Wildman–Crippen MR) is 77.9 cm³/mol. The molecule has 1 aromatic carbocycles. The number of para-hydroxylation sites is 1. The molecule has 0 saturated carbocycles. The quantitative estimate of drug-likeness (QED) is 0.558.